The van der Waals surface area contributed by atoms with Gasteiger partial charge in [-0.05, 0) is 44.0 Å². The number of benzene rings is 1. The van der Waals surface area contributed by atoms with Gasteiger partial charge in [0.05, 0.1) is 12.4 Å². The number of rotatable bonds is 5. The summed E-state index contributed by atoms with van der Waals surface area (Å²) in [7, 11) is 0. The molecule has 22 heavy (non-hydrogen) atoms. The van der Waals surface area contributed by atoms with Crippen LogP contribution in [0.4, 0.5) is 11.5 Å². The van der Waals surface area contributed by atoms with Crippen LogP contribution < -0.4 is 10.6 Å². The number of Topliss-reactive ketones (excluding diaryl/α,β-unsaturated/α-hetero) is 1. The number of carbonyl (C=O) groups excluding carboxylic acids is 2. The molecule has 112 valence electrons. The van der Waals surface area contributed by atoms with E-state index in [0.717, 1.165) is 18.5 Å². The van der Waals surface area contributed by atoms with E-state index in [-0.39, 0.29) is 11.7 Å². The topological polar surface area (TPSA) is 84.0 Å². The van der Waals surface area contributed by atoms with Gasteiger partial charge in [0, 0.05) is 17.3 Å². The largest absolute Gasteiger partial charge is 0.348 e. The van der Waals surface area contributed by atoms with Crippen molar-refractivity contribution in [2.45, 2.75) is 25.8 Å². The molecule has 0 aliphatic heterocycles. The summed E-state index contributed by atoms with van der Waals surface area (Å²) in [6, 6.07) is 7.38. The number of amides is 1. The standard InChI is InChI=1S/C16H16N4O2/c1-10(21)11-2-4-12(5-3-11)19-15-9-17-14(8-18-15)16(22)20-13-6-7-13/h2-5,8-9,13H,6-7H2,1H3,(H,18,19)(H,20,22). The third-order valence-corrected chi connectivity index (χ3v) is 3.36. The SMILES string of the molecule is CC(=O)c1ccc(Nc2cnc(C(=O)NC3CC3)cn2)cc1. The minimum atomic E-state index is -0.188. The van der Waals surface area contributed by atoms with Crippen molar-refractivity contribution in [3.05, 3.63) is 47.9 Å². The Bertz CT molecular complexity index is 691. The summed E-state index contributed by atoms with van der Waals surface area (Å²) in [4.78, 5) is 31.3. The minimum absolute atomic E-state index is 0.0253. The maximum atomic E-state index is 11.8. The van der Waals surface area contributed by atoms with Crippen LogP contribution in [0.1, 0.15) is 40.6 Å². The maximum absolute atomic E-state index is 11.8. The lowest BCUT2D eigenvalue weighted by Crippen LogP contribution is -2.26. The molecule has 0 unspecified atom stereocenters. The Kier molecular flexibility index (Phi) is 3.82. The van der Waals surface area contributed by atoms with E-state index < -0.39 is 0 Å². The van der Waals surface area contributed by atoms with Crippen molar-refractivity contribution in [2.75, 3.05) is 5.32 Å². The molecule has 1 amide bonds. The Morgan fingerprint density at radius 1 is 1.09 bits per heavy atom. The smallest absolute Gasteiger partial charge is 0.271 e. The van der Waals surface area contributed by atoms with Gasteiger partial charge in [-0.1, -0.05) is 0 Å². The van der Waals surface area contributed by atoms with Gasteiger partial charge in [0.15, 0.2) is 5.78 Å². The van der Waals surface area contributed by atoms with E-state index in [1.54, 1.807) is 24.3 Å². The van der Waals surface area contributed by atoms with Crippen molar-refractivity contribution in [1.82, 2.24) is 15.3 Å². The molecule has 0 atom stereocenters. The first-order chi connectivity index (χ1) is 10.6. The summed E-state index contributed by atoms with van der Waals surface area (Å²) in [5, 5.41) is 5.94. The van der Waals surface area contributed by atoms with Gasteiger partial charge in [0.2, 0.25) is 0 Å². The van der Waals surface area contributed by atoms with Crippen LogP contribution in [0, 0.1) is 0 Å². The van der Waals surface area contributed by atoms with Crippen molar-refractivity contribution in [1.29, 1.82) is 0 Å². The summed E-state index contributed by atoms with van der Waals surface area (Å²) in [6.07, 6.45) is 5.04. The highest BCUT2D eigenvalue weighted by Crippen LogP contribution is 2.19. The first-order valence-electron chi connectivity index (χ1n) is 7.13. The number of carbonyl (C=O) groups is 2. The predicted octanol–water partition coefficient (Wildman–Crippen LogP) is 2.32. The quantitative estimate of drug-likeness (QED) is 0.827. The Morgan fingerprint density at radius 2 is 1.82 bits per heavy atom. The average Bonchev–Trinajstić information content (AvgIpc) is 3.32. The molecule has 0 bridgehead atoms. The van der Waals surface area contributed by atoms with Gasteiger partial charge in [0.25, 0.3) is 5.91 Å². The van der Waals surface area contributed by atoms with Crippen LogP contribution in [0.5, 0.6) is 0 Å². The molecular weight excluding hydrogens is 280 g/mol. The maximum Gasteiger partial charge on any atom is 0.271 e. The highest BCUT2D eigenvalue weighted by Gasteiger charge is 2.24. The van der Waals surface area contributed by atoms with Crippen LogP contribution in [0.2, 0.25) is 0 Å². The third-order valence-electron chi connectivity index (χ3n) is 3.36. The molecule has 1 aliphatic carbocycles. The zero-order valence-electron chi connectivity index (χ0n) is 12.2. The van der Waals surface area contributed by atoms with Gasteiger partial charge >= 0.3 is 0 Å². The van der Waals surface area contributed by atoms with Crippen molar-refractivity contribution >= 4 is 23.2 Å². The number of ketones is 1. The molecular formula is C16H16N4O2. The van der Waals surface area contributed by atoms with Crippen LogP contribution in [0.3, 0.4) is 0 Å². The van der Waals surface area contributed by atoms with E-state index in [1.165, 1.54) is 19.3 Å². The molecule has 0 spiro atoms. The first-order valence-corrected chi connectivity index (χ1v) is 7.13. The average molecular weight is 296 g/mol. The summed E-state index contributed by atoms with van der Waals surface area (Å²) in [6.45, 7) is 1.53. The number of nitrogens with zero attached hydrogens (tertiary/aromatic N) is 2. The van der Waals surface area contributed by atoms with Crippen molar-refractivity contribution in [3.63, 3.8) is 0 Å². The van der Waals surface area contributed by atoms with E-state index in [9.17, 15) is 9.59 Å². The highest BCUT2D eigenvalue weighted by molar-refractivity contribution is 5.94. The zero-order valence-corrected chi connectivity index (χ0v) is 12.2. The molecule has 6 nitrogen and oxygen atoms in total. The number of aromatic nitrogens is 2. The Labute approximate surface area is 128 Å². The van der Waals surface area contributed by atoms with Crippen molar-refractivity contribution in [3.8, 4) is 0 Å². The fraction of sp³-hybridized carbons (Fsp3) is 0.250. The normalized spacial score (nSPS) is 13.5. The Balaban J connectivity index is 1.64. The van der Waals surface area contributed by atoms with Gasteiger partial charge < -0.3 is 10.6 Å². The molecule has 1 saturated carbocycles. The molecule has 2 N–H and O–H groups in total. The van der Waals surface area contributed by atoms with Crippen LogP contribution in [0.15, 0.2) is 36.7 Å². The van der Waals surface area contributed by atoms with Crippen LogP contribution >= 0.6 is 0 Å². The van der Waals surface area contributed by atoms with Gasteiger partial charge in [-0.2, -0.15) is 0 Å². The Morgan fingerprint density at radius 3 is 2.36 bits per heavy atom. The number of anilines is 2. The van der Waals surface area contributed by atoms with Crippen LogP contribution in [0.25, 0.3) is 0 Å². The third kappa shape index (κ3) is 3.46. The summed E-state index contributed by atoms with van der Waals surface area (Å²) >= 11 is 0. The highest BCUT2D eigenvalue weighted by atomic mass is 16.2. The molecule has 1 heterocycles. The summed E-state index contributed by atoms with van der Waals surface area (Å²) in [5.41, 5.74) is 1.77. The van der Waals surface area contributed by atoms with E-state index in [1.807, 2.05) is 0 Å². The first kappa shape index (κ1) is 14.2. The second-order valence-corrected chi connectivity index (χ2v) is 5.29. The lowest BCUT2D eigenvalue weighted by atomic mass is 10.1. The Hall–Kier alpha value is -2.76. The number of hydrogen-bond donors (Lipinski definition) is 2. The summed E-state index contributed by atoms with van der Waals surface area (Å²) in [5.74, 6) is 0.378. The van der Waals surface area contributed by atoms with E-state index >= 15 is 0 Å². The fourth-order valence-electron chi connectivity index (χ4n) is 1.93. The zero-order chi connectivity index (χ0) is 15.5. The monoisotopic (exact) mass is 296 g/mol. The molecule has 1 aliphatic rings. The van der Waals surface area contributed by atoms with E-state index in [2.05, 4.69) is 20.6 Å². The molecule has 1 aromatic carbocycles. The van der Waals surface area contributed by atoms with Gasteiger partial charge in [-0.15, -0.1) is 0 Å². The van der Waals surface area contributed by atoms with Crippen molar-refractivity contribution < 1.29 is 9.59 Å². The number of hydrogen-bond acceptors (Lipinski definition) is 5. The molecule has 6 heteroatoms. The van der Waals surface area contributed by atoms with E-state index in [4.69, 9.17) is 0 Å². The molecule has 0 saturated heterocycles. The van der Waals surface area contributed by atoms with Gasteiger partial charge in [-0.3, -0.25) is 9.59 Å². The minimum Gasteiger partial charge on any atom is -0.348 e. The second kappa shape index (κ2) is 5.93. The van der Waals surface area contributed by atoms with Crippen molar-refractivity contribution in [2.24, 2.45) is 0 Å². The lowest BCUT2D eigenvalue weighted by Gasteiger charge is -2.07. The molecule has 2 aromatic rings. The second-order valence-electron chi connectivity index (χ2n) is 5.29. The number of nitrogens with one attached hydrogen (secondary N) is 2. The molecule has 3 rings (SSSR count). The van der Waals surface area contributed by atoms with Gasteiger partial charge in [0.1, 0.15) is 11.5 Å². The lowest BCUT2D eigenvalue weighted by molar-refractivity contribution is 0.0944. The van der Waals surface area contributed by atoms with Crippen LogP contribution in [-0.4, -0.2) is 27.7 Å². The predicted molar refractivity (Wildman–Crippen MR) is 82.2 cm³/mol. The molecule has 1 fully saturated rings. The van der Waals surface area contributed by atoms with Gasteiger partial charge in [-0.25, -0.2) is 9.97 Å². The molecule has 1 aromatic heterocycles. The van der Waals surface area contributed by atoms with Crippen LogP contribution in [-0.2, 0) is 0 Å². The summed E-state index contributed by atoms with van der Waals surface area (Å²) < 4.78 is 0. The fourth-order valence-corrected chi connectivity index (χ4v) is 1.93. The molecule has 0 radical (unpaired) electrons. The van der Waals surface area contributed by atoms with E-state index in [0.29, 0.717) is 23.1 Å².